The topological polar surface area (TPSA) is 69.1 Å². The number of aliphatic hydroxyl groups is 1. The monoisotopic (exact) mass is 504 g/mol. The number of morpholine rings is 1. The van der Waals surface area contributed by atoms with Crippen LogP contribution in [0.2, 0.25) is 0 Å². The molecule has 0 saturated carbocycles. The molecule has 28 heavy (non-hydrogen) atoms. The zero-order chi connectivity index (χ0) is 19.6. The molecular weight excluding hydrogens is 467 g/mol. The van der Waals surface area contributed by atoms with E-state index in [1.165, 1.54) is 5.56 Å². The first-order valence-electron chi connectivity index (χ1n) is 10.1. The summed E-state index contributed by atoms with van der Waals surface area (Å²) in [6.45, 7) is 14.1. The number of hydrogen-bond acceptors (Lipinski definition) is 4. The van der Waals surface area contributed by atoms with Crippen molar-refractivity contribution in [3.05, 3.63) is 35.4 Å². The third kappa shape index (κ3) is 8.23. The van der Waals surface area contributed by atoms with E-state index < -0.39 is 6.10 Å². The summed E-state index contributed by atoms with van der Waals surface area (Å²) in [5.74, 6) is 1.27. The van der Waals surface area contributed by atoms with Gasteiger partial charge in [-0.2, -0.15) is 0 Å². The van der Waals surface area contributed by atoms with Gasteiger partial charge in [0.1, 0.15) is 0 Å². The van der Waals surface area contributed by atoms with Crippen molar-refractivity contribution in [2.75, 3.05) is 45.9 Å². The number of halogens is 1. The fourth-order valence-corrected chi connectivity index (χ4v) is 3.28. The average Bonchev–Trinajstić information content (AvgIpc) is 2.67. The van der Waals surface area contributed by atoms with E-state index in [0.29, 0.717) is 18.5 Å². The van der Waals surface area contributed by atoms with Gasteiger partial charge in [0.25, 0.3) is 0 Å². The van der Waals surface area contributed by atoms with E-state index >= 15 is 0 Å². The molecule has 0 spiro atoms. The minimum atomic E-state index is -0.561. The van der Waals surface area contributed by atoms with Gasteiger partial charge < -0.3 is 20.5 Å². The van der Waals surface area contributed by atoms with E-state index in [0.717, 1.165) is 50.9 Å². The lowest BCUT2D eigenvalue weighted by Gasteiger charge is -2.36. The highest BCUT2D eigenvalue weighted by atomic mass is 127. The molecule has 6 nitrogen and oxygen atoms in total. The summed E-state index contributed by atoms with van der Waals surface area (Å²) < 4.78 is 5.48. The summed E-state index contributed by atoms with van der Waals surface area (Å²) in [6, 6.07) is 8.38. The predicted octanol–water partition coefficient (Wildman–Crippen LogP) is 2.56. The third-order valence-corrected chi connectivity index (χ3v) is 4.99. The minimum Gasteiger partial charge on any atom is -0.387 e. The van der Waals surface area contributed by atoms with Crippen LogP contribution in [0.5, 0.6) is 0 Å². The number of ether oxygens (including phenoxy) is 1. The number of nitrogens with one attached hydrogen (secondary N) is 2. The first-order valence-corrected chi connectivity index (χ1v) is 10.1. The van der Waals surface area contributed by atoms with E-state index in [2.05, 4.69) is 36.3 Å². The van der Waals surface area contributed by atoms with Crippen LogP contribution in [0, 0.1) is 12.8 Å². The Labute approximate surface area is 187 Å². The second-order valence-electron chi connectivity index (χ2n) is 7.49. The molecule has 1 fully saturated rings. The van der Waals surface area contributed by atoms with Crippen molar-refractivity contribution in [1.29, 1.82) is 0 Å². The Kier molecular flexibility index (Phi) is 12.0. The van der Waals surface area contributed by atoms with Gasteiger partial charge in [-0.25, -0.2) is 0 Å². The Morgan fingerprint density at radius 3 is 2.39 bits per heavy atom. The molecule has 2 unspecified atom stereocenters. The highest BCUT2D eigenvalue weighted by Gasteiger charge is 2.23. The smallest absolute Gasteiger partial charge is 0.191 e. The van der Waals surface area contributed by atoms with Gasteiger partial charge in [-0.05, 0) is 25.3 Å². The largest absolute Gasteiger partial charge is 0.387 e. The summed E-state index contributed by atoms with van der Waals surface area (Å²) in [5.41, 5.74) is 2.11. The molecule has 7 heteroatoms. The summed E-state index contributed by atoms with van der Waals surface area (Å²) >= 11 is 0. The highest BCUT2D eigenvalue weighted by Crippen LogP contribution is 2.14. The number of hydrogen-bond donors (Lipinski definition) is 3. The lowest BCUT2D eigenvalue weighted by Crippen LogP contribution is -2.48. The number of benzene rings is 1. The molecule has 0 amide bonds. The van der Waals surface area contributed by atoms with Gasteiger partial charge >= 0.3 is 0 Å². The molecular formula is C21H37IN4O2. The molecule has 3 N–H and O–H groups in total. The maximum atomic E-state index is 10.4. The molecule has 0 aromatic heterocycles. The Morgan fingerprint density at radius 1 is 1.18 bits per heavy atom. The zero-order valence-electron chi connectivity index (χ0n) is 17.6. The van der Waals surface area contributed by atoms with Gasteiger partial charge in [0.2, 0.25) is 0 Å². The van der Waals surface area contributed by atoms with E-state index in [-0.39, 0.29) is 24.0 Å². The molecule has 2 atom stereocenters. The molecule has 2 rings (SSSR count). The second-order valence-corrected chi connectivity index (χ2v) is 7.49. The fourth-order valence-electron chi connectivity index (χ4n) is 3.28. The van der Waals surface area contributed by atoms with Crippen molar-refractivity contribution in [1.82, 2.24) is 15.5 Å². The Hall–Kier alpha value is -0.900. The van der Waals surface area contributed by atoms with E-state index in [4.69, 9.17) is 9.73 Å². The lowest BCUT2D eigenvalue weighted by molar-refractivity contribution is 0.00867. The van der Waals surface area contributed by atoms with Gasteiger partial charge in [-0.15, -0.1) is 24.0 Å². The number of rotatable bonds is 8. The Bertz CT molecular complexity index is 574. The molecule has 1 heterocycles. The van der Waals surface area contributed by atoms with Crippen molar-refractivity contribution < 1.29 is 9.84 Å². The van der Waals surface area contributed by atoms with Crippen LogP contribution in [0.15, 0.2) is 29.3 Å². The van der Waals surface area contributed by atoms with Crippen molar-refractivity contribution >= 4 is 29.9 Å². The maximum absolute atomic E-state index is 10.4. The number of guanidine groups is 1. The Morgan fingerprint density at radius 2 is 1.82 bits per heavy atom. The number of nitrogens with zero attached hydrogens (tertiary/aromatic N) is 2. The molecule has 1 saturated heterocycles. The number of aliphatic hydroxyl groups excluding tert-OH is 1. The lowest BCUT2D eigenvalue weighted by atomic mass is 10.0. The SMILES string of the molecule is CCNC(=NCC(C(C)C)N1CCOCC1)NCC(O)c1ccc(C)cc1.I. The highest BCUT2D eigenvalue weighted by molar-refractivity contribution is 14.0. The van der Waals surface area contributed by atoms with Gasteiger partial charge in [0, 0.05) is 32.2 Å². The van der Waals surface area contributed by atoms with Crippen molar-refractivity contribution in [3.8, 4) is 0 Å². The summed E-state index contributed by atoms with van der Waals surface area (Å²) in [4.78, 5) is 7.27. The van der Waals surface area contributed by atoms with Crippen LogP contribution in [0.4, 0.5) is 0 Å². The molecule has 1 aromatic carbocycles. The average molecular weight is 504 g/mol. The van der Waals surface area contributed by atoms with Crippen LogP contribution in [-0.4, -0.2) is 67.9 Å². The minimum absolute atomic E-state index is 0. The zero-order valence-corrected chi connectivity index (χ0v) is 20.0. The molecule has 1 aliphatic rings. The van der Waals surface area contributed by atoms with Crippen LogP contribution >= 0.6 is 24.0 Å². The normalized spacial score (nSPS) is 17.7. The van der Waals surface area contributed by atoms with Crippen molar-refractivity contribution in [2.24, 2.45) is 10.9 Å². The molecule has 160 valence electrons. The standard InChI is InChI=1S/C21H36N4O2.HI/c1-5-22-21(24-15-20(26)18-8-6-17(4)7-9-18)23-14-19(16(2)3)25-10-12-27-13-11-25;/h6-9,16,19-20,26H,5,10-15H2,1-4H3,(H2,22,23,24);1H. The quantitative estimate of drug-likeness (QED) is 0.289. The predicted molar refractivity (Wildman–Crippen MR) is 127 cm³/mol. The van der Waals surface area contributed by atoms with E-state index in [9.17, 15) is 5.11 Å². The van der Waals surface area contributed by atoms with E-state index in [1.807, 2.05) is 31.2 Å². The third-order valence-electron chi connectivity index (χ3n) is 4.99. The van der Waals surface area contributed by atoms with Gasteiger partial charge in [-0.1, -0.05) is 43.7 Å². The summed E-state index contributed by atoms with van der Waals surface area (Å²) in [5, 5.41) is 17.0. The first-order chi connectivity index (χ1) is 13.0. The molecule has 0 bridgehead atoms. The molecule has 0 aliphatic carbocycles. The second kappa shape index (κ2) is 13.3. The van der Waals surface area contributed by atoms with Gasteiger partial charge in [0.15, 0.2) is 5.96 Å². The van der Waals surface area contributed by atoms with Crippen molar-refractivity contribution in [3.63, 3.8) is 0 Å². The van der Waals surface area contributed by atoms with Crippen LogP contribution in [-0.2, 0) is 4.74 Å². The summed E-state index contributed by atoms with van der Waals surface area (Å²) in [6.07, 6.45) is -0.561. The number of aliphatic imine (C=N–C) groups is 1. The molecule has 0 radical (unpaired) electrons. The molecule has 1 aliphatic heterocycles. The van der Waals surface area contributed by atoms with Crippen LogP contribution < -0.4 is 10.6 Å². The Balaban J connectivity index is 0.00000392. The number of aryl methyl sites for hydroxylation is 1. The van der Waals surface area contributed by atoms with Crippen molar-refractivity contribution in [2.45, 2.75) is 39.8 Å². The first kappa shape index (κ1) is 25.1. The van der Waals surface area contributed by atoms with Crippen LogP contribution in [0.25, 0.3) is 0 Å². The van der Waals surface area contributed by atoms with Gasteiger partial charge in [-0.3, -0.25) is 9.89 Å². The molecule has 1 aromatic rings. The maximum Gasteiger partial charge on any atom is 0.191 e. The summed E-state index contributed by atoms with van der Waals surface area (Å²) in [7, 11) is 0. The van der Waals surface area contributed by atoms with E-state index in [1.54, 1.807) is 0 Å². The van der Waals surface area contributed by atoms with Crippen LogP contribution in [0.3, 0.4) is 0 Å². The van der Waals surface area contributed by atoms with Gasteiger partial charge in [0.05, 0.1) is 25.9 Å². The fraction of sp³-hybridized carbons (Fsp3) is 0.667. The van der Waals surface area contributed by atoms with Crippen LogP contribution in [0.1, 0.15) is 38.0 Å².